The molecule has 1 spiro atoms. The number of anilines is 1. The van der Waals surface area contributed by atoms with Crippen LogP contribution in [0.3, 0.4) is 0 Å². The summed E-state index contributed by atoms with van der Waals surface area (Å²) in [6.07, 6.45) is 8.78. The van der Waals surface area contributed by atoms with Crippen molar-refractivity contribution in [3.05, 3.63) is 35.0 Å². The molecule has 0 atom stereocenters. The van der Waals surface area contributed by atoms with E-state index in [2.05, 4.69) is 43.0 Å². The monoisotopic (exact) mass is 548 g/mol. The molecular weight excluding hydrogens is 508 g/mol. The fourth-order valence-electron chi connectivity index (χ4n) is 6.71. The Morgan fingerprint density at radius 3 is 2.69 bits per heavy atom. The van der Waals surface area contributed by atoms with Gasteiger partial charge in [-0.3, -0.25) is 9.59 Å². The number of nitrogens with zero attached hydrogens (tertiary/aromatic N) is 3. The van der Waals surface area contributed by atoms with Crippen molar-refractivity contribution in [1.82, 2.24) is 14.8 Å². The van der Waals surface area contributed by atoms with Gasteiger partial charge < -0.3 is 19.4 Å². The second kappa shape index (κ2) is 9.93. The van der Waals surface area contributed by atoms with Crippen molar-refractivity contribution in [3.63, 3.8) is 0 Å². The highest BCUT2D eigenvalue weighted by Gasteiger charge is 2.52. The van der Waals surface area contributed by atoms with E-state index in [4.69, 9.17) is 14.6 Å². The number of amides is 1. The summed E-state index contributed by atoms with van der Waals surface area (Å²) >= 11 is 0. The van der Waals surface area contributed by atoms with Crippen molar-refractivity contribution >= 4 is 36.5 Å². The lowest BCUT2D eigenvalue weighted by atomic mass is 9.80. The lowest BCUT2D eigenvalue weighted by Gasteiger charge is -2.23. The molecule has 2 aliphatic carbocycles. The van der Waals surface area contributed by atoms with E-state index < -0.39 is 13.5 Å². The van der Waals surface area contributed by atoms with Crippen LogP contribution in [0.5, 0.6) is 0 Å². The number of rotatable bonds is 8. The van der Waals surface area contributed by atoms with Gasteiger partial charge in [-0.05, 0) is 73.9 Å². The summed E-state index contributed by atoms with van der Waals surface area (Å²) < 4.78 is 13.1. The van der Waals surface area contributed by atoms with Gasteiger partial charge >= 0.3 is 5.97 Å². The third kappa shape index (κ3) is 4.63. The summed E-state index contributed by atoms with van der Waals surface area (Å²) in [6.45, 7) is 10.4. The topological polar surface area (TPSA) is 89.5 Å². The van der Waals surface area contributed by atoms with E-state index in [-0.39, 0.29) is 18.4 Å². The average Bonchev–Trinajstić information content (AvgIpc) is 3.63. The lowest BCUT2D eigenvalue weighted by Crippen LogP contribution is -2.41. The van der Waals surface area contributed by atoms with Crippen LogP contribution < -0.4 is 4.90 Å². The molecule has 1 amide bonds. The first kappa shape index (κ1) is 26.3. The number of carbonyl (C=O) groups is 2. The smallest absolute Gasteiger partial charge is 0.326 e. The Morgan fingerprint density at radius 1 is 1.15 bits per heavy atom. The second-order valence-corrected chi connectivity index (χ2v) is 18.2. The average molecular weight is 549 g/mol. The predicted octanol–water partition coefficient (Wildman–Crippen LogP) is 5.55. The van der Waals surface area contributed by atoms with Crippen LogP contribution in [0.25, 0.3) is 22.3 Å². The van der Waals surface area contributed by atoms with Crippen molar-refractivity contribution in [3.8, 4) is 11.4 Å². The highest BCUT2D eigenvalue weighted by molar-refractivity contribution is 6.76. The molecule has 0 saturated heterocycles. The molecule has 0 radical (unpaired) electrons. The maximum Gasteiger partial charge on any atom is 0.326 e. The van der Waals surface area contributed by atoms with E-state index in [1.807, 2.05) is 4.68 Å². The zero-order chi connectivity index (χ0) is 27.4. The number of esters is 1. The van der Waals surface area contributed by atoms with Gasteiger partial charge in [-0.25, -0.2) is 4.68 Å². The molecule has 3 heterocycles. The fourth-order valence-corrected chi connectivity index (χ4v) is 7.46. The number of benzene rings is 1. The zero-order valence-electron chi connectivity index (χ0n) is 23.7. The summed E-state index contributed by atoms with van der Waals surface area (Å²) in [5.41, 5.74) is 7.01. The Kier molecular flexibility index (Phi) is 6.70. The van der Waals surface area contributed by atoms with Crippen LogP contribution in [0.15, 0.2) is 18.3 Å². The van der Waals surface area contributed by atoms with E-state index in [1.165, 1.54) is 11.1 Å². The Morgan fingerprint density at radius 2 is 1.95 bits per heavy atom. The number of H-pyrrole nitrogens is 1. The molecule has 0 bridgehead atoms. The van der Waals surface area contributed by atoms with Gasteiger partial charge in [-0.1, -0.05) is 32.5 Å². The molecule has 8 nitrogen and oxygen atoms in total. The van der Waals surface area contributed by atoms with Crippen LogP contribution in [0, 0.1) is 0 Å². The van der Waals surface area contributed by atoms with Gasteiger partial charge in [0.05, 0.1) is 17.7 Å². The van der Waals surface area contributed by atoms with Crippen molar-refractivity contribution < 1.29 is 19.1 Å². The molecule has 9 heteroatoms. The molecule has 1 aliphatic heterocycles. The molecule has 3 aromatic rings. The van der Waals surface area contributed by atoms with Gasteiger partial charge in [0.25, 0.3) is 0 Å². The van der Waals surface area contributed by atoms with Crippen LogP contribution >= 0.6 is 0 Å². The quantitative estimate of drug-likeness (QED) is 0.226. The summed E-state index contributed by atoms with van der Waals surface area (Å²) in [5, 5.41) is 6.08. The Hall–Kier alpha value is -2.91. The summed E-state index contributed by atoms with van der Waals surface area (Å²) in [4.78, 5) is 31.7. The molecule has 1 fully saturated rings. The molecule has 1 saturated carbocycles. The first-order chi connectivity index (χ1) is 18.7. The molecule has 1 N–H and O–H groups in total. The van der Waals surface area contributed by atoms with Gasteiger partial charge in [0.2, 0.25) is 5.91 Å². The van der Waals surface area contributed by atoms with Gasteiger partial charge in [0.15, 0.2) is 0 Å². The Bertz CT molecular complexity index is 1430. The van der Waals surface area contributed by atoms with Crippen molar-refractivity contribution in [2.45, 2.75) is 89.7 Å². The fraction of sp³-hybridized carbons (Fsp3) is 0.567. The number of aromatic amines is 1. The number of aryl methyl sites for hydroxylation is 2. The number of carbonyl (C=O) groups excluding carboxylic acids is 2. The third-order valence-electron chi connectivity index (χ3n) is 8.70. The molecule has 3 aliphatic rings. The van der Waals surface area contributed by atoms with Crippen LogP contribution in [-0.2, 0) is 44.1 Å². The predicted molar refractivity (Wildman–Crippen MR) is 155 cm³/mol. The lowest BCUT2D eigenvalue weighted by molar-refractivity contribution is -0.142. The minimum Gasteiger partial charge on any atom is -0.465 e. The minimum atomic E-state index is -1.13. The molecule has 2 aromatic heterocycles. The number of hydrogen-bond acceptors (Lipinski definition) is 5. The normalized spacial score (nSPS) is 17.9. The first-order valence-corrected chi connectivity index (χ1v) is 18.2. The van der Waals surface area contributed by atoms with Gasteiger partial charge in [0, 0.05) is 37.5 Å². The molecule has 208 valence electrons. The molecular formula is C30H40N4O4Si. The zero-order valence-corrected chi connectivity index (χ0v) is 24.7. The summed E-state index contributed by atoms with van der Waals surface area (Å²) in [7, 11) is -1.13. The summed E-state index contributed by atoms with van der Waals surface area (Å²) in [6, 6.07) is 5.47. The first-order valence-electron chi connectivity index (χ1n) is 14.5. The van der Waals surface area contributed by atoms with E-state index in [1.54, 1.807) is 11.8 Å². The standard InChI is InChI=1S/C30H40N4O4Si/c1-5-38-26(35)18-34-25-15-22-21-10-8-9-20-17-33(19-37-13-14-39(2,3)4)32-27(20)28(21)31-24(22)16-23(25)30(29(34)36)11-6-7-12-30/h15-17,31H,5-14,18-19H2,1-4H3. The van der Waals surface area contributed by atoms with Gasteiger partial charge in [-0.2, -0.15) is 5.10 Å². The van der Waals surface area contributed by atoms with Crippen molar-refractivity contribution in [2.24, 2.45) is 0 Å². The Labute approximate surface area is 231 Å². The summed E-state index contributed by atoms with van der Waals surface area (Å²) in [5.74, 6) is -0.306. The highest BCUT2D eigenvalue weighted by Crippen LogP contribution is 2.53. The number of hydrogen-bond donors (Lipinski definition) is 1. The maximum absolute atomic E-state index is 13.8. The van der Waals surface area contributed by atoms with E-state index in [0.29, 0.717) is 13.3 Å². The van der Waals surface area contributed by atoms with E-state index >= 15 is 0 Å². The van der Waals surface area contributed by atoms with Gasteiger partial charge in [0.1, 0.15) is 19.0 Å². The van der Waals surface area contributed by atoms with Crippen LogP contribution in [0.2, 0.25) is 25.7 Å². The third-order valence-corrected chi connectivity index (χ3v) is 10.4. The number of aromatic nitrogens is 3. The van der Waals surface area contributed by atoms with Crippen LogP contribution in [0.4, 0.5) is 5.69 Å². The second-order valence-electron chi connectivity index (χ2n) is 12.6. The van der Waals surface area contributed by atoms with Crippen molar-refractivity contribution in [1.29, 1.82) is 0 Å². The van der Waals surface area contributed by atoms with Crippen LogP contribution in [0.1, 0.15) is 55.7 Å². The molecule has 6 rings (SSSR count). The minimum absolute atomic E-state index is 0.0359. The molecule has 0 unspecified atom stereocenters. The number of ether oxygens (including phenoxy) is 2. The van der Waals surface area contributed by atoms with E-state index in [0.717, 1.165) is 91.1 Å². The highest BCUT2D eigenvalue weighted by atomic mass is 28.3. The number of nitrogens with one attached hydrogen (secondary N) is 1. The SMILES string of the molecule is CCOC(=O)CN1C(=O)C2(CCCC2)c2cc3[nH]c4c(c3cc21)CCCc1cn(COCC[Si](C)(C)C)nc1-4. The molecule has 1 aromatic carbocycles. The number of fused-ring (bicyclic) bond motifs is 7. The largest absolute Gasteiger partial charge is 0.465 e. The van der Waals surface area contributed by atoms with Crippen molar-refractivity contribution in [2.75, 3.05) is 24.7 Å². The van der Waals surface area contributed by atoms with Crippen LogP contribution in [-0.4, -0.2) is 54.5 Å². The maximum atomic E-state index is 13.8. The van der Waals surface area contributed by atoms with E-state index in [9.17, 15) is 9.59 Å². The molecule has 39 heavy (non-hydrogen) atoms. The Balaban J connectivity index is 1.37. The van der Waals surface area contributed by atoms with Gasteiger partial charge in [-0.15, -0.1) is 0 Å².